The molecular weight excluding hydrogens is 260 g/mol. The summed E-state index contributed by atoms with van der Waals surface area (Å²) in [6.07, 6.45) is 8.05. The SMILES string of the molecule is BN(Bc1ccc2c(c1)OCCO2)C/C(C=C)=C/C=C\C. The molecule has 0 saturated carbocycles. The van der Waals surface area contributed by atoms with Crippen LogP contribution in [0.5, 0.6) is 11.5 Å². The van der Waals surface area contributed by atoms with Gasteiger partial charge in [-0.25, -0.2) is 0 Å². The van der Waals surface area contributed by atoms with Crippen molar-refractivity contribution < 1.29 is 9.47 Å². The van der Waals surface area contributed by atoms with E-state index in [0.717, 1.165) is 25.5 Å². The van der Waals surface area contributed by atoms with E-state index in [0.29, 0.717) is 13.2 Å². The minimum absolute atomic E-state index is 0.624. The highest BCUT2D eigenvalue weighted by molar-refractivity contribution is 6.56. The molecule has 0 amide bonds. The van der Waals surface area contributed by atoms with Gasteiger partial charge in [-0.15, -0.1) is 0 Å². The molecule has 0 aromatic heterocycles. The zero-order valence-corrected chi connectivity index (χ0v) is 12.8. The van der Waals surface area contributed by atoms with Crippen molar-refractivity contribution in [2.24, 2.45) is 0 Å². The standard InChI is InChI=1S/C16H21B2NO2/c1-3-5-6-13(4-2)12-19(17)18-14-7-8-15-16(11-14)21-10-9-20-15/h3-8,11,18H,2,9-10,12,17H2,1H3/b5-3-,13-6+. The molecule has 0 bridgehead atoms. The molecule has 1 aromatic rings. The number of hydrogen-bond donors (Lipinski definition) is 0. The average molecular weight is 281 g/mol. The molecule has 0 aliphatic carbocycles. The molecule has 21 heavy (non-hydrogen) atoms. The molecule has 1 aliphatic rings. The van der Waals surface area contributed by atoms with Crippen LogP contribution in [0.3, 0.4) is 0 Å². The Bertz CT molecular complexity index is 555. The molecule has 1 aromatic carbocycles. The second kappa shape index (κ2) is 7.79. The molecule has 0 radical (unpaired) electrons. The lowest BCUT2D eigenvalue weighted by atomic mass is 9.77. The Balaban J connectivity index is 1.99. The van der Waals surface area contributed by atoms with Crippen molar-refractivity contribution in [2.75, 3.05) is 19.8 Å². The lowest BCUT2D eigenvalue weighted by molar-refractivity contribution is 0.172. The Morgan fingerprint density at radius 1 is 1.38 bits per heavy atom. The molecule has 108 valence electrons. The minimum Gasteiger partial charge on any atom is -0.486 e. The van der Waals surface area contributed by atoms with Gasteiger partial charge < -0.3 is 14.2 Å². The molecule has 0 unspecified atom stereocenters. The third-order valence-electron chi connectivity index (χ3n) is 3.28. The van der Waals surface area contributed by atoms with Crippen molar-refractivity contribution in [1.29, 1.82) is 0 Å². The Morgan fingerprint density at radius 3 is 2.86 bits per heavy atom. The van der Waals surface area contributed by atoms with E-state index in [9.17, 15) is 0 Å². The van der Waals surface area contributed by atoms with Crippen LogP contribution in [0.15, 0.2) is 54.7 Å². The number of fused-ring (bicyclic) bond motifs is 1. The molecule has 3 nitrogen and oxygen atoms in total. The summed E-state index contributed by atoms with van der Waals surface area (Å²) in [6, 6.07) is 6.14. The lowest BCUT2D eigenvalue weighted by Crippen LogP contribution is -2.35. The van der Waals surface area contributed by atoms with E-state index in [4.69, 9.17) is 9.47 Å². The van der Waals surface area contributed by atoms with Gasteiger partial charge in [0.1, 0.15) is 13.2 Å². The molecule has 0 spiro atoms. The summed E-state index contributed by atoms with van der Waals surface area (Å²) in [6.45, 7) is 7.99. The van der Waals surface area contributed by atoms with Gasteiger partial charge in [-0.05, 0) is 24.6 Å². The van der Waals surface area contributed by atoms with Crippen molar-refractivity contribution in [3.63, 3.8) is 0 Å². The van der Waals surface area contributed by atoms with Crippen LogP contribution in [-0.4, -0.2) is 39.9 Å². The number of benzene rings is 1. The summed E-state index contributed by atoms with van der Waals surface area (Å²) in [7, 11) is 2.96. The predicted molar refractivity (Wildman–Crippen MR) is 92.6 cm³/mol. The summed E-state index contributed by atoms with van der Waals surface area (Å²) >= 11 is 0. The van der Waals surface area contributed by atoms with Gasteiger partial charge in [-0.3, -0.25) is 0 Å². The fraction of sp³-hybridized carbons (Fsp3) is 0.250. The fourth-order valence-corrected chi connectivity index (χ4v) is 2.27. The molecular formula is C16H21B2NO2. The Hall–Kier alpha value is -1.87. The van der Waals surface area contributed by atoms with Crippen LogP contribution in [0.25, 0.3) is 0 Å². The van der Waals surface area contributed by atoms with Crippen LogP contribution in [0.2, 0.25) is 0 Å². The molecule has 0 fully saturated rings. The number of hydrogen-bond acceptors (Lipinski definition) is 3. The van der Waals surface area contributed by atoms with Crippen molar-refractivity contribution in [2.45, 2.75) is 6.92 Å². The quantitative estimate of drug-likeness (QED) is 0.573. The molecule has 0 saturated heterocycles. The summed E-state index contributed by atoms with van der Waals surface area (Å²) in [5.74, 6) is 1.69. The van der Waals surface area contributed by atoms with Gasteiger partial charge in [-0.1, -0.05) is 42.4 Å². The van der Waals surface area contributed by atoms with Gasteiger partial charge in [-0.2, -0.15) is 0 Å². The third-order valence-corrected chi connectivity index (χ3v) is 3.28. The number of ether oxygens (including phenoxy) is 2. The fourth-order valence-electron chi connectivity index (χ4n) is 2.27. The van der Waals surface area contributed by atoms with Crippen LogP contribution in [0.1, 0.15) is 6.92 Å². The summed E-state index contributed by atoms with van der Waals surface area (Å²) < 4.78 is 13.4. The highest BCUT2D eigenvalue weighted by atomic mass is 16.6. The van der Waals surface area contributed by atoms with Gasteiger partial charge in [0.05, 0.1) is 0 Å². The molecule has 5 heteroatoms. The highest BCUT2D eigenvalue weighted by Gasteiger charge is 2.13. The normalized spacial score (nSPS) is 14.5. The maximum Gasteiger partial charge on any atom is 0.227 e. The van der Waals surface area contributed by atoms with Crippen molar-refractivity contribution in [3.8, 4) is 11.5 Å². The summed E-state index contributed by atoms with van der Waals surface area (Å²) in [4.78, 5) is 0. The Labute approximate surface area is 128 Å². The monoisotopic (exact) mass is 281 g/mol. The highest BCUT2D eigenvalue weighted by Crippen LogP contribution is 2.27. The van der Waals surface area contributed by atoms with Crippen molar-refractivity contribution in [3.05, 3.63) is 54.7 Å². The first-order chi connectivity index (χ1) is 10.2. The van der Waals surface area contributed by atoms with Gasteiger partial charge in [0.15, 0.2) is 19.5 Å². The Morgan fingerprint density at radius 2 is 2.14 bits per heavy atom. The first-order valence-electron chi connectivity index (χ1n) is 7.24. The molecule has 2 rings (SSSR count). The van der Waals surface area contributed by atoms with E-state index in [2.05, 4.69) is 37.5 Å². The van der Waals surface area contributed by atoms with E-state index in [-0.39, 0.29) is 0 Å². The summed E-state index contributed by atoms with van der Waals surface area (Å²) in [5, 5.41) is 0. The maximum absolute atomic E-state index is 5.62. The van der Waals surface area contributed by atoms with E-state index < -0.39 is 0 Å². The van der Waals surface area contributed by atoms with Gasteiger partial charge in [0.2, 0.25) is 7.41 Å². The average Bonchev–Trinajstić information content (AvgIpc) is 2.51. The zero-order chi connectivity index (χ0) is 15.1. The third kappa shape index (κ3) is 4.57. The van der Waals surface area contributed by atoms with Crippen LogP contribution >= 0.6 is 0 Å². The maximum atomic E-state index is 5.62. The second-order valence-corrected chi connectivity index (χ2v) is 5.12. The van der Waals surface area contributed by atoms with Crippen LogP contribution in [0, 0.1) is 0 Å². The number of allylic oxidation sites excluding steroid dienone is 3. The van der Waals surface area contributed by atoms with E-state index in [1.165, 1.54) is 11.0 Å². The number of rotatable bonds is 6. The molecule has 0 atom stereocenters. The predicted octanol–water partition coefficient (Wildman–Crippen LogP) is 0.973. The van der Waals surface area contributed by atoms with Gasteiger partial charge in [0.25, 0.3) is 0 Å². The smallest absolute Gasteiger partial charge is 0.227 e. The first-order valence-corrected chi connectivity index (χ1v) is 7.24. The van der Waals surface area contributed by atoms with Crippen molar-refractivity contribution in [1.82, 2.24) is 4.72 Å². The number of nitrogens with zero attached hydrogens (tertiary/aromatic N) is 1. The van der Waals surface area contributed by atoms with Gasteiger partial charge in [0, 0.05) is 6.54 Å². The van der Waals surface area contributed by atoms with E-state index >= 15 is 0 Å². The van der Waals surface area contributed by atoms with Gasteiger partial charge >= 0.3 is 0 Å². The van der Waals surface area contributed by atoms with Crippen LogP contribution in [-0.2, 0) is 0 Å². The van der Waals surface area contributed by atoms with E-state index in [1.807, 2.05) is 31.2 Å². The largest absolute Gasteiger partial charge is 0.486 e. The van der Waals surface area contributed by atoms with Crippen LogP contribution < -0.4 is 14.9 Å². The Kier molecular flexibility index (Phi) is 5.76. The zero-order valence-electron chi connectivity index (χ0n) is 12.8. The minimum atomic E-state index is 0.624. The van der Waals surface area contributed by atoms with E-state index in [1.54, 1.807) is 0 Å². The van der Waals surface area contributed by atoms with Crippen LogP contribution in [0.4, 0.5) is 0 Å². The second-order valence-electron chi connectivity index (χ2n) is 5.12. The molecule has 1 aliphatic heterocycles. The lowest BCUT2D eigenvalue weighted by Gasteiger charge is -2.21. The van der Waals surface area contributed by atoms with Crippen molar-refractivity contribution >= 4 is 20.9 Å². The first kappa shape index (κ1) is 15.5. The topological polar surface area (TPSA) is 21.7 Å². The molecule has 1 heterocycles. The summed E-state index contributed by atoms with van der Waals surface area (Å²) in [5.41, 5.74) is 2.42. The molecule has 0 N–H and O–H groups in total.